The average molecular weight is 250 g/mol. The fourth-order valence-corrected chi connectivity index (χ4v) is 2.08. The van der Waals surface area contributed by atoms with E-state index in [-0.39, 0.29) is 12.0 Å². The standard InChI is InChI=1S/C13H18N2O3/c1-10-4-3-5-11(14-10)8-15-6-7-18-9-12(15)13(16)17-2/h3-5,12H,6-9H2,1-2H3. The molecule has 18 heavy (non-hydrogen) atoms. The van der Waals surface area contributed by atoms with Crippen molar-refractivity contribution in [3.63, 3.8) is 0 Å². The number of rotatable bonds is 3. The molecular weight excluding hydrogens is 232 g/mol. The Morgan fingerprint density at radius 1 is 1.61 bits per heavy atom. The van der Waals surface area contributed by atoms with Crippen molar-refractivity contribution in [3.05, 3.63) is 29.6 Å². The third-order valence-corrected chi connectivity index (χ3v) is 3.02. The van der Waals surface area contributed by atoms with Gasteiger partial charge in [-0.3, -0.25) is 14.7 Å². The highest BCUT2D eigenvalue weighted by Gasteiger charge is 2.30. The van der Waals surface area contributed by atoms with Crippen molar-refractivity contribution < 1.29 is 14.3 Å². The second kappa shape index (κ2) is 5.93. The number of methoxy groups -OCH3 is 1. The zero-order valence-electron chi connectivity index (χ0n) is 10.8. The van der Waals surface area contributed by atoms with Crippen molar-refractivity contribution >= 4 is 5.97 Å². The lowest BCUT2D eigenvalue weighted by Crippen LogP contribution is -2.49. The summed E-state index contributed by atoms with van der Waals surface area (Å²) in [5.41, 5.74) is 1.95. The van der Waals surface area contributed by atoms with E-state index in [4.69, 9.17) is 9.47 Å². The number of nitrogens with zero attached hydrogens (tertiary/aromatic N) is 2. The monoisotopic (exact) mass is 250 g/mol. The molecule has 1 atom stereocenters. The molecule has 0 radical (unpaired) electrons. The van der Waals surface area contributed by atoms with Crippen LogP contribution in [0.5, 0.6) is 0 Å². The van der Waals surface area contributed by atoms with Crippen LogP contribution in [0.2, 0.25) is 0 Å². The SMILES string of the molecule is COC(=O)C1COCCN1Cc1cccc(C)n1. The Morgan fingerprint density at radius 2 is 2.44 bits per heavy atom. The number of aromatic nitrogens is 1. The van der Waals surface area contributed by atoms with Gasteiger partial charge in [0.1, 0.15) is 6.04 Å². The lowest BCUT2D eigenvalue weighted by molar-refractivity contribution is -0.153. The summed E-state index contributed by atoms with van der Waals surface area (Å²) in [4.78, 5) is 18.2. The van der Waals surface area contributed by atoms with Crippen molar-refractivity contribution in [1.82, 2.24) is 9.88 Å². The van der Waals surface area contributed by atoms with Crippen LogP contribution in [0, 0.1) is 6.92 Å². The molecule has 2 heterocycles. The van der Waals surface area contributed by atoms with Crippen LogP contribution < -0.4 is 0 Å². The van der Waals surface area contributed by atoms with Gasteiger partial charge in [0, 0.05) is 18.8 Å². The van der Waals surface area contributed by atoms with Crippen LogP contribution in [0.25, 0.3) is 0 Å². The minimum atomic E-state index is -0.328. The first-order valence-electron chi connectivity index (χ1n) is 6.03. The first kappa shape index (κ1) is 13.0. The van der Waals surface area contributed by atoms with Crippen molar-refractivity contribution in [2.45, 2.75) is 19.5 Å². The number of hydrogen-bond donors (Lipinski definition) is 0. The molecule has 5 heteroatoms. The maximum absolute atomic E-state index is 11.7. The number of aryl methyl sites for hydroxylation is 1. The summed E-state index contributed by atoms with van der Waals surface area (Å²) in [5.74, 6) is -0.248. The van der Waals surface area contributed by atoms with Crippen molar-refractivity contribution in [3.8, 4) is 0 Å². The minimum Gasteiger partial charge on any atom is -0.468 e. The van der Waals surface area contributed by atoms with E-state index in [2.05, 4.69) is 9.88 Å². The number of carbonyl (C=O) groups is 1. The molecule has 0 amide bonds. The van der Waals surface area contributed by atoms with Crippen molar-refractivity contribution in [2.24, 2.45) is 0 Å². The van der Waals surface area contributed by atoms with E-state index in [1.807, 2.05) is 25.1 Å². The highest BCUT2D eigenvalue weighted by Crippen LogP contribution is 2.12. The van der Waals surface area contributed by atoms with Gasteiger partial charge in [-0.15, -0.1) is 0 Å². The number of hydrogen-bond acceptors (Lipinski definition) is 5. The fraction of sp³-hybridized carbons (Fsp3) is 0.538. The molecule has 0 aliphatic carbocycles. The molecule has 0 aromatic carbocycles. The Balaban J connectivity index is 2.07. The molecule has 2 rings (SSSR count). The molecule has 1 aromatic heterocycles. The summed E-state index contributed by atoms with van der Waals surface area (Å²) < 4.78 is 10.1. The van der Waals surface area contributed by atoms with Crippen LogP contribution >= 0.6 is 0 Å². The molecule has 1 aliphatic heterocycles. The van der Waals surface area contributed by atoms with Gasteiger partial charge in [-0.1, -0.05) is 6.07 Å². The van der Waals surface area contributed by atoms with Gasteiger partial charge in [0.15, 0.2) is 0 Å². The summed E-state index contributed by atoms with van der Waals surface area (Å²) >= 11 is 0. The van der Waals surface area contributed by atoms with Crippen LogP contribution in [0.3, 0.4) is 0 Å². The first-order chi connectivity index (χ1) is 8.70. The molecule has 0 bridgehead atoms. The number of ether oxygens (including phenoxy) is 2. The van der Waals surface area contributed by atoms with E-state index >= 15 is 0 Å². The number of pyridine rings is 1. The van der Waals surface area contributed by atoms with E-state index in [1.165, 1.54) is 7.11 Å². The first-order valence-corrected chi connectivity index (χ1v) is 6.03. The van der Waals surface area contributed by atoms with Gasteiger partial charge in [0.05, 0.1) is 26.0 Å². The van der Waals surface area contributed by atoms with Gasteiger partial charge in [0.25, 0.3) is 0 Å². The van der Waals surface area contributed by atoms with Gasteiger partial charge in [-0.05, 0) is 19.1 Å². The van der Waals surface area contributed by atoms with Crippen molar-refractivity contribution in [1.29, 1.82) is 0 Å². The molecule has 1 fully saturated rings. The number of esters is 1. The molecule has 1 aromatic rings. The smallest absolute Gasteiger partial charge is 0.325 e. The van der Waals surface area contributed by atoms with Crippen LogP contribution in [-0.2, 0) is 20.8 Å². The summed E-state index contributed by atoms with van der Waals surface area (Å²) in [6.45, 7) is 4.35. The third-order valence-electron chi connectivity index (χ3n) is 3.02. The number of morpholine rings is 1. The predicted molar refractivity (Wildman–Crippen MR) is 66.0 cm³/mol. The number of carbonyl (C=O) groups excluding carboxylic acids is 1. The fourth-order valence-electron chi connectivity index (χ4n) is 2.08. The lowest BCUT2D eigenvalue weighted by atomic mass is 10.2. The quantitative estimate of drug-likeness (QED) is 0.741. The van der Waals surface area contributed by atoms with Gasteiger partial charge in [-0.2, -0.15) is 0 Å². The van der Waals surface area contributed by atoms with Crippen LogP contribution in [0.15, 0.2) is 18.2 Å². The van der Waals surface area contributed by atoms with Crippen molar-refractivity contribution in [2.75, 3.05) is 26.9 Å². The summed E-state index contributed by atoms with van der Waals surface area (Å²) in [5, 5.41) is 0. The normalized spacial score (nSPS) is 20.7. The molecule has 0 spiro atoms. The van der Waals surface area contributed by atoms with E-state index in [1.54, 1.807) is 0 Å². The molecule has 0 N–H and O–H groups in total. The van der Waals surface area contributed by atoms with Gasteiger partial charge in [0.2, 0.25) is 0 Å². The second-order valence-electron chi connectivity index (χ2n) is 4.35. The average Bonchev–Trinajstić information content (AvgIpc) is 2.38. The second-order valence-corrected chi connectivity index (χ2v) is 4.35. The molecule has 98 valence electrons. The molecule has 1 aliphatic rings. The minimum absolute atomic E-state index is 0.248. The molecule has 1 unspecified atom stereocenters. The highest BCUT2D eigenvalue weighted by atomic mass is 16.5. The van der Waals surface area contributed by atoms with Crippen LogP contribution in [-0.4, -0.2) is 48.8 Å². The Hall–Kier alpha value is -1.46. The van der Waals surface area contributed by atoms with Crippen LogP contribution in [0.1, 0.15) is 11.4 Å². The largest absolute Gasteiger partial charge is 0.468 e. The highest BCUT2D eigenvalue weighted by molar-refractivity contribution is 5.75. The topological polar surface area (TPSA) is 51.7 Å². The molecular formula is C13H18N2O3. The Bertz CT molecular complexity index is 422. The summed E-state index contributed by atoms with van der Waals surface area (Å²) in [7, 11) is 1.40. The van der Waals surface area contributed by atoms with E-state index in [0.717, 1.165) is 17.9 Å². The third kappa shape index (κ3) is 3.05. The maximum Gasteiger partial charge on any atom is 0.325 e. The van der Waals surface area contributed by atoms with Gasteiger partial charge in [-0.25, -0.2) is 0 Å². The molecule has 0 saturated carbocycles. The van der Waals surface area contributed by atoms with E-state index in [0.29, 0.717) is 19.8 Å². The van der Waals surface area contributed by atoms with E-state index in [9.17, 15) is 4.79 Å². The zero-order chi connectivity index (χ0) is 13.0. The van der Waals surface area contributed by atoms with Gasteiger partial charge >= 0.3 is 5.97 Å². The molecule has 5 nitrogen and oxygen atoms in total. The Labute approximate surface area is 107 Å². The summed E-state index contributed by atoms with van der Waals surface area (Å²) in [6.07, 6.45) is 0. The Kier molecular flexibility index (Phi) is 4.28. The predicted octanol–water partition coefficient (Wildman–Crippen LogP) is 0.764. The van der Waals surface area contributed by atoms with Gasteiger partial charge < -0.3 is 9.47 Å². The van der Waals surface area contributed by atoms with E-state index < -0.39 is 0 Å². The zero-order valence-corrected chi connectivity index (χ0v) is 10.8. The molecule has 1 saturated heterocycles. The van der Waals surface area contributed by atoms with Crippen LogP contribution in [0.4, 0.5) is 0 Å². The lowest BCUT2D eigenvalue weighted by Gasteiger charge is -2.33. The summed E-state index contributed by atoms with van der Waals surface area (Å²) in [6, 6.07) is 5.58. The maximum atomic E-state index is 11.7. The Morgan fingerprint density at radius 3 is 3.17 bits per heavy atom.